The maximum atomic E-state index is 10.9. The Morgan fingerprint density at radius 2 is 2.40 bits per heavy atom. The molecule has 0 aromatic heterocycles. The van der Waals surface area contributed by atoms with Crippen LogP contribution >= 0.6 is 12.6 Å². The zero-order valence-corrected chi connectivity index (χ0v) is 7.03. The fraction of sp³-hybridized carbons (Fsp3) is 0.833. The van der Waals surface area contributed by atoms with Gasteiger partial charge in [0, 0.05) is 6.54 Å². The molecule has 0 aliphatic carbocycles. The van der Waals surface area contributed by atoms with Gasteiger partial charge in [0.05, 0.1) is 6.04 Å². The van der Waals surface area contributed by atoms with E-state index in [-0.39, 0.29) is 5.91 Å². The Morgan fingerprint density at radius 3 is 2.80 bits per heavy atom. The normalized spacial score (nSPS) is 12.7. The third kappa shape index (κ3) is 3.74. The quantitative estimate of drug-likeness (QED) is 0.500. The van der Waals surface area contributed by atoms with Crippen LogP contribution < -0.4 is 11.1 Å². The molecule has 60 valence electrons. The number of carbonyl (C=O) groups is 1. The molecule has 0 radical (unpaired) electrons. The van der Waals surface area contributed by atoms with Crippen molar-refractivity contribution in [1.82, 2.24) is 5.32 Å². The van der Waals surface area contributed by atoms with Crippen LogP contribution in [0.4, 0.5) is 0 Å². The molecule has 0 aliphatic heterocycles. The van der Waals surface area contributed by atoms with Crippen LogP contribution in [0.3, 0.4) is 0 Å². The third-order valence-electron chi connectivity index (χ3n) is 1.13. The number of hydrogen-bond donors (Lipinski definition) is 3. The third-order valence-corrected chi connectivity index (χ3v) is 1.39. The highest BCUT2D eigenvalue weighted by atomic mass is 32.1. The minimum Gasteiger partial charge on any atom is -0.355 e. The standard InChI is InChI=1S/C6H14N2OS/c1-2-8-6(9)5(7)3-4-10/h5,10H,2-4,7H2,1H3,(H,8,9). The van der Waals surface area contributed by atoms with Crippen molar-refractivity contribution in [2.75, 3.05) is 12.3 Å². The number of likely N-dealkylation sites (N-methyl/N-ethyl adjacent to an activating group) is 1. The molecular weight excluding hydrogens is 148 g/mol. The molecule has 0 aromatic rings. The Kier molecular flexibility index (Phi) is 5.43. The molecule has 1 amide bonds. The molecule has 3 N–H and O–H groups in total. The average molecular weight is 162 g/mol. The predicted molar refractivity (Wildman–Crippen MR) is 45.1 cm³/mol. The van der Waals surface area contributed by atoms with Gasteiger partial charge in [-0.05, 0) is 19.1 Å². The fourth-order valence-corrected chi connectivity index (χ4v) is 0.854. The largest absolute Gasteiger partial charge is 0.355 e. The fourth-order valence-electron chi connectivity index (χ4n) is 0.576. The summed E-state index contributed by atoms with van der Waals surface area (Å²) < 4.78 is 0. The first-order chi connectivity index (χ1) is 4.72. The van der Waals surface area contributed by atoms with E-state index in [4.69, 9.17) is 5.73 Å². The number of nitrogens with two attached hydrogens (primary N) is 1. The summed E-state index contributed by atoms with van der Waals surface area (Å²) in [5.74, 6) is 0.565. The first-order valence-corrected chi connectivity index (χ1v) is 3.99. The molecule has 3 nitrogen and oxygen atoms in total. The summed E-state index contributed by atoms with van der Waals surface area (Å²) in [5.41, 5.74) is 5.45. The summed E-state index contributed by atoms with van der Waals surface area (Å²) in [6.07, 6.45) is 0.634. The van der Waals surface area contributed by atoms with Gasteiger partial charge in [-0.3, -0.25) is 4.79 Å². The first-order valence-electron chi connectivity index (χ1n) is 3.36. The summed E-state index contributed by atoms with van der Waals surface area (Å²) in [4.78, 5) is 10.9. The molecule has 0 aliphatic rings. The number of nitrogens with one attached hydrogen (secondary N) is 1. The summed E-state index contributed by atoms with van der Waals surface area (Å²) in [7, 11) is 0. The van der Waals surface area contributed by atoms with Gasteiger partial charge in [-0.2, -0.15) is 12.6 Å². The molecule has 0 saturated heterocycles. The second kappa shape index (κ2) is 5.56. The van der Waals surface area contributed by atoms with Gasteiger partial charge in [0.1, 0.15) is 0 Å². The van der Waals surface area contributed by atoms with Crippen molar-refractivity contribution in [3.63, 3.8) is 0 Å². The lowest BCUT2D eigenvalue weighted by atomic mass is 10.2. The minimum absolute atomic E-state index is 0.0865. The van der Waals surface area contributed by atoms with Gasteiger partial charge >= 0.3 is 0 Å². The molecule has 1 unspecified atom stereocenters. The molecule has 0 rings (SSSR count). The van der Waals surface area contributed by atoms with Crippen molar-refractivity contribution in [2.45, 2.75) is 19.4 Å². The van der Waals surface area contributed by atoms with Crippen molar-refractivity contribution in [1.29, 1.82) is 0 Å². The van der Waals surface area contributed by atoms with Gasteiger partial charge in [-0.1, -0.05) is 0 Å². The van der Waals surface area contributed by atoms with Crippen LogP contribution in [0.25, 0.3) is 0 Å². The molecular formula is C6H14N2OS. The van der Waals surface area contributed by atoms with E-state index in [2.05, 4.69) is 17.9 Å². The van der Waals surface area contributed by atoms with Gasteiger partial charge in [0.2, 0.25) is 5.91 Å². The first kappa shape index (κ1) is 9.78. The summed E-state index contributed by atoms with van der Waals surface area (Å²) in [5, 5.41) is 2.63. The Hall–Kier alpha value is -0.220. The maximum Gasteiger partial charge on any atom is 0.236 e. The van der Waals surface area contributed by atoms with Crippen molar-refractivity contribution >= 4 is 18.5 Å². The van der Waals surface area contributed by atoms with E-state index in [1.807, 2.05) is 6.92 Å². The molecule has 0 saturated carbocycles. The Morgan fingerprint density at radius 1 is 1.80 bits per heavy atom. The maximum absolute atomic E-state index is 10.9. The molecule has 0 spiro atoms. The van der Waals surface area contributed by atoms with Crippen LogP contribution in [-0.4, -0.2) is 24.2 Å². The highest BCUT2D eigenvalue weighted by molar-refractivity contribution is 7.80. The van der Waals surface area contributed by atoms with Crippen LogP contribution in [0, 0.1) is 0 Å². The van der Waals surface area contributed by atoms with E-state index < -0.39 is 6.04 Å². The molecule has 4 heteroatoms. The average Bonchev–Trinajstić information content (AvgIpc) is 1.89. The summed E-state index contributed by atoms with van der Waals surface area (Å²) >= 11 is 3.96. The highest BCUT2D eigenvalue weighted by Crippen LogP contribution is 1.89. The Balaban J connectivity index is 3.49. The highest BCUT2D eigenvalue weighted by Gasteiger charge is 2.09. The van der Waals surface area contributed by atoms with Crippen LogP contribution in [0.5, 0.6) is 0 Å². The molecule has 10 heavy (non-hydrogen) atoms. The SMILES string of the molecule is CCNC(=O)C(N)CCS. The summed E-state index contributed by atoms with van der Waals surface area (Å²) in [6.45, 7) is 2.50. The number of carbonyl (C=O) groups excluding carboxylic acids is 1. The second-order valence-electron chi connectivity index (χ2n) is 2.01. The number of thiol groups is 1. The lowest BCUT2D eigenvalue weighted by molar-refractivity contribution is -0.122. The number of rotatable bonds is 4. The lowest BCUT2D eigenvalue weighted by Crippen LogP contribution is -2.40. The number of hydrogen-bond acceptors (Lipinski definition) is 3. The molecule has 0 bridgehead atoms. The van der Waals surface area contributed by atoms with Crippen molar-refractivity contribution < 1.29 is 4.79 Å². The van der Waals surface area contributed by atoms with Gasteiger partial charge < -0.3 is 11.1 Å². The van der Waals surface area contributed by atoms with Crippen LogP contribution in [0.15, 0.2) is 0 Å². The molecule has 0 fully saturated rings. The molecule has 0 heterocycles. The van der Waals surface area contributed by atoms with E-state index in [9.17, 15) is 4.79 Å². The van der Waals surface area contributed by atoms with E-state index in [0.29, 0.717) is 18.7 Å². The van der Waals surface area contributed by atoms with Crippen LogP contribution in [-0.2, 0) is 4.79 Å². The second-order valence-corrected chi connectivity index (χ2v) is 2.46. The minimum atomic E-state index is -0.391. The van der Waals surface area contributed by atoms with E-state index in [0.717, 1.165) is 0 Å². The Labute approximate surface area is 66.8 Å². The monoisotopic (exact) mass is 162 g/mol. The molecule has 1 atom stereocenters. The van der Waals surface area contributed by atoms with Gasteiger partial charge in [0.25, 0.3) is 0 Å². The van der Waals surface area contributed by atoms with E-state index in [1.165, 1.54) is 0 Å². The molecule has 0 aromatic carbocycles. The van der Waals surface area contributed by atoms with Crippen molar-refractivity contribution in [3.8, 4) is 0 Å². The zero-order valence-electron chi connectivity index (χ0n) is 6.13. The van der Waals surface area contributed by atoms with E-state index in [1.54, 1.807) is 0 Å². The summed E-state index contributed by atoms with van der Waals surface area (Å²) in [6, 6.07) is -0.391. The van der Waals surface area contributed by atoms with Gasteiger partial charge in [0.15, 0.2) is 0 Å². The zero-order chi connectivity index (χ0) is 7.98. The van der Waals surface area contributed by atoms with Crippen LogP contribution in [0.2, 0.25) is 0 Å². The predicted octanol–water partition coefficient (Wildman–Crippen LogP) is -0.230. The van der Waals surface area contributed by atoms with E-state index >= 15 is 0 Å². The van der Waals surface area contributed by atoms with Crippen LogP contribution in [0.1, 0.15) is 13.3 Å². The number of amides is 1. The topological polar surface area (TPSA) is 55.1 Å². The smallest absolute Gasteiger partial charge is 0.236 e. The van der Waals surface area contributed by atoms with Gasteiger partial charge in [-0.25, -0.2) is 0 Å². The Bertz CT molecular complexity index is 108. The van der Waals surface area contributed by atoms with Crippen molar-refractivity contribution in [3.05, 3.63) is 0 Å². The van der Waals surface area contributed by atoms with Crippen molar-refractivity contribution in [2.24, 2.45) is 5.73 Å². The lowest BCUT2D eigenvalue weighted by Gasteiger charge is -2.08. The van der Waals surface area contributed by atoms with Gasteiger partial charge in [-0.15, -0.1) is 0 Å².